The summed E-state index contributed by atoms with van der Waals surface area (Å²) in [6.07, 6.45) is 56.7. The molecule has 0 saturated carbocycles. The Balaban J connectivity index is 0.000000374. The Kier molecular flexibility index (Phi) is 48.3. The quantitative estimate of drug-likeness (QED) is 0.0212. The fourth-order valence-corrected chi connectivity index (χ4v) is 12.0. The van der Waals surface area contributed by atoms with Crippen molar-refractivity contribution >= 4 is 36.1 Å². The zero-order chi connectivity index (χ0) is 79.2. The number of carboxylic acids is 3. The molecule has 600 valence electrons. The second kappa shape index (κ2) is 57.3. The van der Waals surface area contributed by atoms with Crippen molar-refractivity contribution in [1.82, 2.24) is 49.4 Å². The van der Waals surface area contributed by atoms with Crippen molar-refractivity contribution in [3.8, 4) is 24.0 Å². The molecule has 5 aromatic rings. The first-order chi connectivity index (χ1) is 53.4. The number of hydrogen-bond acceptors (Lipinski definition) is 19. The van der Waals surface area contributed by atoms with E-state index in [9.17, 15) is 29.7 Å². The molecule has 0 aromatic heterocycles. The minimum Gasteiger partial charge on any atom is -0.872 e. The summed E-state index contributed by atoms with van der Waals surface area (Å²) in [5, 5.41) is 68.5. The zero-order valence-corrected chi connectivity index (χ0v) is 65.0. The molecule has 20 heteroatoms. The van der Waals surface area contributed by atoms with Crippen LogP contribution in [0.25, 0.3) is 18.2 Å². The monoisotopic (exact) mass is 1520 g/mol. The summed E-state index contributed by atoms with van der Waals surface area (Å²) in [5.74, 6) is -4.34. The average molecular weight is 1520 g/mol. The van der Waals surface area contributed by atoms with Crippen molar-refractivity contribution in [3.05, 3.63) is 277 Å². The summed E-state index contributed by atoms with van der Waals surface area (Å²) in [6.45, 7) is 23.2. The molecule has 10 rings (SSSR count). The Labute approximate surface area is 670 Å². The van der Waals surface area contributed by atoms with Gasteiger partial charge in [-0.3, -0.25) is 0 Å². The molecule has 20 nitrogen and oxygen atoms in total. The fraction of sp³-hybridized carbons (Fsp3) is 0.391. The topological polar surface area (TPSA) is 253 Å². The number of aryl methyl sites for hydroxylation is 2. The van der Waals surface area contributed by atoms with E-state index in [-0.39, 0.29) is 37.3 Å². The van der Waals surface area contributed by atoms with E-state index in [1.807, 2.05) is 70.0 Å². The van der Waals surface area contributed by atoms with E-state index in [1.54, 1.807) is 42.5 Å². The molecule has 5 aliphatic heterocycles. The summed E-state index contributed by atoms with van der Waals surface area (Å²) in [5.41, 5.74) is 5.71. The minimum absolute atomic E-state index is 0. The predicted octanol–water partition coefficient (Wildman–Crippen LogP) is 15.9. The van der Waals surface area contributed by atoms with Gasteiger partial charge in [0, 0.05) is 108 Å². The van der Waals surface area contributed by atoms with Gasteiger partial charge in [0.1, 0.15) is 23.8 Å². The van der Waals surface area contributed by atoms with Crippen molar-refractivity contribution in [3.63, 3.8) is 0 Å². The van der Waals surface area contributed by atoms with Gasteiger partial charge in [0.2, 0.25) is 0 Å². The van der Waals surface area contributed by atoms with E-state index in [2.05, 4.69) is 173 Å². The van der Waals surface area contributed by atoms with Gasteiger partial charge in [0.15, 0.2) is 0 Å². The molecule has 5 aliphatic rings. The second-order valence-corrected chi connectivity index (χ2v) is 27.7. The molecule has 0 amide bonds. The molecule has 5 heterocycles. The Morgan fingerprint density at radius 2 is 0.714 bits per heavy atom. The lowest BCUT2D eigenvalue weighted by Crippen LogP contribution is -2.25. The summed E-state index contributed by atoms with van der Waals surface area (Å²) in [6, 6.07) is 46.1. The molecule has 0 radical (unpaired) electrons. The van der Waals surface area contributed by atoms with Crippen LogP contribution in [0.2, 0.25) is 0 Å². The maximum atomic E-state index is 10.7. The van der Waals surface area contributed by atoms with E-state index >= 15 is 0 Å². The van der Waals surface area contributed by atoms with Crippen LogP contribution in [-0.2, 0) is 27.5 Å². The summed E-state index contributed by atoms with van der Waals surface area (Å²) in [4.78, 5) is 52.0. The van der Waals surface area contributed by atoms with Gasteiger partial charge < -0.3 is 79.4 Å². The SMILES string of the molecule is C.C.C1=CN(Cc2ccccc2)CN1CCCCCCCCCCCCN1C=CN(Cc2ccccc2)C1.C=CN1C=CN(CCCCCCCCCCCCN2C=CN(C=C)C2)C1.CN1C=CNC1.Cc1ccc(C=C(C#N)C(=O)[O-])cc1.Cc1ccc(C=C(C#N)C(=O)[O-])cc1.N#CC(=Cc1ccc([O-])cc1)C(=O)O. The highest BCUT2D eigenvalue weighted by Gasteiger charge is 2.15. The second-order valence-electron chi connectivity index (χ2n) is 27.7. The number of carbonyl (C=O) groups excluding carboxylic acids is 2. The lowest BCUT2D eigenvalue weighted by molar-refractivity contribution is -0.299. The third-order valence-corrected chi connectivity index (χ3v) is 18.3. The van der Waals surface area contributed by atoms with Gasteiger partial charge >= 0.3 is 5.97 Å². The lowest BCUT2D eigenvalue weighted by atomic mass is 10.1. The Morgan fingerprint density at radius 3 is 0.982 bits per heavy atom. The molecule has 0 atom stereocenters. The minimum atomic E-state index is -1.45. The Morgan fingerprint density at radius 1 is 0.420 bits per heavy atom. The molecule has 0 bridgehead atoms. The highest BCUT2D eigenvalue weighted by molar-refractivity contribution is 5.97. The van der Waals surface area contributed by atoms with Crippen molar-refractivity contribution < 1.29 is 34.8 Å². The van der Waals surface area contributed by atoms with Gasteiger partial charge in [-0.2, -0.15) is 15.8 Å². The first-order valence-electron chi connectivity index (χ1n) is 38.5. The fourth-order valence-electron chi connectivity index (χ4n) is 12.0. The molecule has 0 aliphatic carbocycles. The predicted molar refractivity (Wildman–Crippen MR) is 448 cm³/mol. The highest BCUT2D eigenvalue weighted by Crippen LogP contribution is 2.20. The molecule has 0 fully saturated rings. The van der Waals surface area contributed by atoms with Crippen LogP contribution in [0.5, 0.6) is 5.75 Å². The molecule has 112 heavy (non-hydrogen) atoms. The van der Waals surface area contributed by atoms with Crippen molar-refractivity contribution in [2.75, 3.05) is 66.6 Å². The normalized spacial score (nSPS) is 13.6. The van der Waals surface area contributed by atoms with Crippen molar-refractivity contribution in [1.29, 1.82) is 15.8 Å². The van der Waals surface area contributed by atoms with Gasteiger partial charge in [-0.05, 0) is 98.0 Å². The van der Waals surface area contributed by atoms with E-state index < -0.39 is 17.9 Å². The number of unbranched alkanes of at least 4 members (excludes halogenated alkanes) is 18. The summed E-state index contributed by atoms with van der Waals surface area (Å²) in [7, 11) is 2.02. The molecular weight excluding hydrogens is 1400 g/mol. The number of carbonyl (C=O) groups is 3. The number of nitrogens with zero attached hydrogens (tertiary/aromatic N) is 12. The molecule has 0 saturated heterocycles. The smallest absolute Gasteiger partial charge is 0.346 e. The van der Waals surface area contributed by atoms with Crippen LogP contribution in [0.15, 0.2) is 238 Å². The maximum Gasteiger partial charge on any atom is 0.346 e. The van der Waals surface area contributed by atoms with Crippen LogP contribution >= 0.6 is 0 Å². The van der Waals surface area contributed by atoms with Crippen LogP contribution in [0.1, 0.15) is 182 Å². The van der Waals surface area contributed by atoms with Gasteiger partial charge in [-0.25, -0.2) is 4.79 Å². The van der Waals surface area contributed by atoms with Crippen molar-refractivity contribution in [2.24, 2.45) is 0 Å². The van der Waals surface area contributed by atoms with Crippen LogP contribution in [-0.4, -0.2) is 134 Å². The number of hydrogen-bond donors (Lipinski definition) is 2. The zero-order valence-electron chi connectivity index (χ0n) is 65.0. The molecule has 0 spiro atoms. The van der Waals surface area contributed by atoms with E-state index in [0.29, 0.717) is 16.7 Å². The molecule has 0 unspecified atom stereocenters. The van der Waals surface area contributed by atoms with E-state index in [0.717, 1.165) is 57.6 Å². The third kappa shape index (κ3) is 41.7. The maximum absolute atomic E-state index is 10.7. The van der Waals surface area contributed by atoms with Gasteiger partial charge in [0.25, 0.3) is 0 Å². The third-order valence-electron chi connectivity index (χ3n) is 18.3. The number of benzene rings is 5. The van der Waals surface area contributed by atoms with Crippen molar-refractivity contribution in [2.45, 2.75) is 170 Å². The van der Waals surface area contributed by atoms with E-state index in [4.69, 9.17) is 20.9 Å². The van der Waals surface area contributed by atoms with Crippen LogP contribution in [0.3, 0.4) is 0 Å². The van der Waals surface area contributed by atoms with E-state index in [1.165, 1.54) is 208 Å². The van der Waals surface area contributed by atoms with Crippen LogP contribution in [0.4, 0.5) is 0 Å². The van der Waals surface area contributed by atoms with Gasteiger partial charge in [-0.15, -0.1) is 5.75 Å². The molecule has 5 aromatic carbocycles. The average Bonchev–Trinajstić information content (AvgIpc) is 1.83. The highest BCUT2D eigenvalue weighted by atomic mass is 16.4. The number of aliphatic carboxylic acids is 3. The summed E-state index contributed by atoms with van der Waals surface area (Å²) >= 11 is 0. The summed E-state index contributed by atoms with van der Waals surface area (Å²) < 4.78 is 0. The number of nitrogens with one attached hydrogen (secondary N) is 1. The molecule has 2 N–H and O–H groups in total. The van der Waals surface area contributed by atoms with Crippen LogP contribution in [0, 0.1) is 47.8 Å². The Hall–Kier alpha value is -11.8. The van der Waals surface area contributed by atoms with Crippen LogP contribution < -0.4 is 20.6 Å². The number of nitriles is 3. The Bertz CT molecular complexity index is 3570. The first kappa shape index (κ1) is 94.4. The lowest BCUT2D eigenvalue weighted by Gasteiger charge is -2.21. The van der Waals surface area contributed by atoms with Gasteiger partial charge in [0.05, 0.1) is 56.4 Å². The standard InChI is InChI=1S/C32H46N4.C22H38N4.2C11H9NO2.C10H7NO3.C4H8N2.2CH4/c1(3-5-7-15-21-33-23-25-35(29-33)27-31-17-11-9-12-18-31)2-4-6-8-16-22-34-24-26-36(30-34)28-32-19-13-10-14-20-32;1-3-23-17-19-25(21-23)15-13-11-9-7-5-6-8-10-12-14-16-26-20-18-24(4-2)22-26;2*1-8-2-4-9(5-3-8)6-10(7-12)11(13)14;11-6-8(10(13)14)5-7-1-3-9(12)4-2-7;1-6-3-2-5-4-6;;/h9-14,17-20,23-26H,1-8,15-16,21-22,27-30H2;3-4,17-20H,1-2,5-16,21-22H2;2*2-6H,1H3,(H,13,14);1-5,12H,(H,13,14);2-3,5H,4H2,1H3;2*1H4/p-3. The number of rotatable bonds is 38. The van der Waals surface area contributed by atoms with Gasteiger partial charge in [-0.1, -0.05) is 275 Å². The molecular formula is C92H122N13O7-3. The largest absolute Gasteiger partial charge is 0.872 e. The number of carboxylic acid groups (broad SMARTS) is 3. The first-order valence-corrected chi connectivity index (χ1v) is 38.5.